The smallest absolute Gasteiger partial charge is 0.255 e. The Morgan fingerprint density at radius 1 is 1.17 bits per heavy atom. The molecule has 0 aromatic heterocycles. The van der Waals surface area contributed by atoms with E-state index in [2.05, 4.69) is 5.32 Å². The fourth-order valence-electron chi connectivity index (χ4n) is 3.09. The molecule has 2 aromatic carbocycles. The van der Waals surface area contributed by atoms with E-state index in [9.17, 15) is 14.3 Å². The summed E-state index contributed by atoms with van der Waals surface area (Å²) in [4.78, 5) is 12.7. The van der Waals surface area contributed by atoms with E-state index in [-0.39, 0.29) is 23.0 Å². The molecule has 5 heteroatoms. The van der Waals surface area contributed by atoms with E-state index in [0.29, 0.717) is 26.1 Å². The highest BCUT2D eigenvalue weighted by atomic mass is 19.1. The van der Waals surface area contributed by atoms with Crippen LogP contribution in [0.4, 0.5) is 4.39 Å². The molecule has 1 aliphatic rings. The number of hydrogen-bond acceptors (Lipinski definition) is 3. The van der Waals surface area contributed by atoms with Crippen LogP contribution in [0.5, 0.6) is 5.75 Å². The van der Waals surface area contributed by atoms with Gasteiger partial charge >= 0.3 is 0 Å². The predicted molar refractivity (Wildman–Crippen MR) is 88.4 cm³/mol. The Morgan fingerprint density at radius 3 is 2.46 bits per heavy atom. The normalized spacial score (nSPS) is 16.6. The van der Waals surface area contributed by atoms with Gasteiger partial charge in [-0.25, -0.2) is 4.39 Å². The molecule has 2 aromatic rings. The minimum absolute atomic E-state index is 0.0474. The maximum Gasteiger partial charge on any atom is 0.255 e. The van der Waals surface area contributed by atoms with Gasteiger partial charge in [0.25, 0.3) is 5.91 Å². The van der Waals surface area contributed by atoms with E-state index < -0.39 is 5.54 Å². The Balaban J connectivity index is 1.92. The molecular weight excluding hydrogens is 309 g/mol. The molecule has 1 aliphatic heterocycles. The number of rotatable bonds is 3. The molecule has 0 spiro atoms. The van der Waals surface area contributed by atoms with E-state index in [4.69, 9.17) is 4.74 Å². The molecule has 1 saturated heterocycles. The van der Waals surface area contributed by atoms with Crippen LogP contribution < -0.4 is 5.32 Å². The van der Waals surface area contributed by atoms with Gasteiger partial charge in [0.15, 0.2) is 0 Å². The highest BCUT2D eigenvalue weighted by Crippen LogP contribution is 2.33. The molecule has 1 heterocycles. The number of carbonyl (C=O) groups excluding carboxylic acids is 1. The largest absolute Gasteiger partial charge is 0.507 e. The summed E-state index contributed by atoms with van der Waals surface area (Å²) in [5, 5.41) is 13.1. The van der Waals surface area contributed by atoms with Crippen LogP contribution in [0.3, 0.4) is 0 Å². The van der Waals surface area contributed by atoms with E-state index in [1.54, 1.807) is 30.3 Å². The molecule has 4 nitrogen and oxygen atoms in total. The minimum atomic E-state index is -0.625. The zero-order valence-electron chi connectivity index (χ0n) is 13.5. The lowest BCUT2D eigenvalue weighted by Gasteiger charge is -2.38. The van der Waals surface area contributed by atoms with Crippen molar-refractivity contribution in [2.45, 2.75) is 25.3 Å². The Labute approximate surface area is 140 Å². The molecule has 0 saturated carbocycles. The highest BCUT2D eigenvalue weighted by molar-refractivity contribution is 5.97. The van der Waals surface area contributed by atoms with Crippen LogP contribution in [0.25, 0.3) is 0 Å². The van der Waals surface area contributed by atoms with Crippen LogP contribution in [-0.2, 0) is 10.3 Å². The number of nitrogens with one attached hydrogen (secondary N) is 1. The average molecular weight is 329 g/mol. The molecule has 0 aliphatic carbocycles. The van der Waals surface area contributed by atoms with Gasteiger partial charge < -0.3 is 15.2 Å². The van der Waals surface area contributed by atoms with E-state index in [1.807, 2.05) is 6.92 Å². The number of benzene rings is 2. The lowest BCUT2D eigenvalue weighted by atomic mass is 9.82. The molecule has 0 bridgehead atoms. The van der Waals surface area contributed by atoms with Crippen LogP contribution in [0.2, 0.25) is 0 Å². The maximum absolute atomic E-state index is 13.3. The molecule has 0 atom stereocenters. The number of phenols is 1. The summed E-state index contributed by atoms with van der Waals surface area (Å²) in [6.07, 6.45) is 1.19. The summed E-state index contributed by atoms with van der Waals surface area (Å²) in [5.41, 5.74) is 1.32. The summed E-state index contributed by atoms with van der Waals surface area (Å²) >= 11 is 0. The number of ether oxygens (including phenoxy) is 1. The van der Waals surface area contributed by atoms with Crippen molar-refractivity contribution in [3.05, 3.63) is 65.0 Å². The van der Waals surface area contributed by atoms with Crippen LogP contribution in [0.15, 0.2) is 42.5 Å². The first kappa shape index (κ1) is 16.5. The van der Waals surface area contributed by atoms with Crippen LogP contribution in [0, 0.1) is 12.7 Å². The third kappa shape index (κ3) is 3.26. The SMILES string of the molecule is Cc1ccc(C(=O)NC2(c3ccc(F)cc3)CCOCC2)c(O)c1. The van der Waals surface area contributed by atoms with Crippen molar-refractivity contribution in [1.29, 1.82) is 0 Å². The van der Waals surface area contributed by atoms with Gasteiger partial charge in [-0.15, -0.1) is 0 Å². The topological polar surface area (TPSA) is 58.6 Å². The summed E-state index contributed by atoms with van der Waals surface area (Å²) < 4.78 is 18.7. The third-order valence-corrected chi connectivity index (χ3v) is 4.49. The van der Waals surface area contributed by atoms with Gasteiger partial charge in [0.1, 0.15) is 11.6 Å². The van der Waals surface area contributed by atoms with Gasteiger partial charge in [-0.3, -0.25) is 4.79 Å². The number of amides is 1. The molecule has 0 radical (unpaired) electrons. The van der Waals surface area contributed by atoms with E-state index in [1.165, 1.54) is 12.1 Å². The molecule has 1 amide bonds. The second-order valence-electron chi connectivity index (χ2n) is 6.18. The first-order valence-electron chi connectivity index (χ1n) is 7.96. The average Bonchev–Trinajstić information content (AvgIpc) is 2.56. The lowest BCUT2D eigenvalue weighted by molar-refractivity contribution is 0.0344. The van der Waals surface area contributed by atoms with Gasteiger partial charge in [0.2, 0.25) is 0 Å². The summed E-state index contributed by atoms with van der Waals surface area (Å²) in [5.74, 6) is -0.712. The number of phenolic OH excluding ortho intramolecular Hbond substituents is 1. The predicted octanol–water partition coefficient (Wildman–Crippen LogP) is 3.28. The summed E-state index contributed by atoms with van der Waals surface area (Å²) in [7, 11) is 0. The molecule has 1 fully saturated rings. The fraction of sp³-hybridized carbons (Fsp3) is 0.316. The highest BCUT2D eigenvalue weighted by Gasteiger charge is 2.36. The van der Waals surface area contributed by atoms with Crippen molar-refractivity contribution >= 4 is 5.91 Å². The standard InChI is InChI=1S/C19H20FNO3/c1-13-2-7-16(17(22)12-13)18(23)21-19(8-10-24-11-9-19)14-3-5-15(20)6-4-14/h2-7,12,22H,8-11H2,1H3,(H,21,23). The van der Waals surface area contributed by atoms with Gasteiger partial charge in [-0.1, -0.05) is 18.2 Å². The first-order valence-corrected chi connectivity index (χ1v) is 7.96. The zero-order valence-corrected chi connectivity index (χ0v) is 13.5. The summed E-state index contributed by atoms with van der Waals surface area (Å²) in [6.45, 7) is 2.87. The first-order chi connectivity index (χ1) is 11.5. The number of hydrogen-bond donors (Lipinski definition) is 2. The van der Waals surface area contributed by atoms with Gasteiger partial charge in [-0.2, -0.15) is 0 Å². The Bertz CT molecular complexity index is 737. The van der Waals surface area contributed by atoms with Crippen molar-refractivity contribution < 1.29 is 19.0 Å². The molecule has 24 heavy (non-hydrogen) atoms. The molecule has 0 unspecified atom stereocenters. The van der Waals surface area contributed by atoms with E-state index in [0.717, 1.165) is 11.1 Å². The second kappa shape index (κ2) is 6.61. The molecule has 126 valence electrons. The fourth-order valence-corrected chi connectivity index (χ4v) is 3.09. The van der Waals surface area contributed by atoms with Crippen molar-refractivity contribution in [3.63, 3.8) is 0 Å². The molecular formula is C19H20FNO3. The monoisotopic (exact) mass is 329 g/mol. The van der Waals surface area contributed by atoms with Crippen molar-refractivity contribution in [2.75, 3.05) is 13.2 Å². The second-order valence-corrected chi connectivity index (χ2v) is 6.18. The number of aryl methyl sites for hydroxylation is 1. The van der Waals surface area contributed by atoms with Crippen molar-refractivity contribution in [1.82, 2.24) is 5.32 Å². The van der Waals surface area contributed by atoms with Crippen LogP contribution in [-0.4, -0.2) is 24.2 Å². The number of carbonyl (C=O) groups is 1. The quantitative estimate of drug-likeness (QED) is 0.908. The van der Waals surface area contributed by atoms with Crippen molar-refractivity contribution in [3.8, 4) is 5.75 Å². The summed E-state index contributed by atoms with van der Waals surface area (Å²) in [6, 6.07) is 11.1. The van der Waals surface area contributed by atoms with Gasteiger partial charge in [0, 0.05) is 13.2 Å². The molecule has 3 rings (SSSR count). The van der Waals surface area contributed by atoms with Gasteiger partial charge in [-0.05, 0) is 55.2 Å². The van der Waals surface area contributed by atoms with Gasteiger partial charge in [0.05, 0.1) is 11.1 Å². The maximum atomic E-state index is 13.3. The number of aromatic hydroxyl groups is 1. The Kier molecular flexibility index (Phi) is 4.53. The molecule has 2 N–H and O–H groups in total. The Hall–Kier alpha value is -2.40. The third-order valence-electron chi connectivity index (χ3n) is 4.49. The lowest BCUT2D eigenvalue weighted by Crippen LogP contribution is -2.49. The minimum Gasteiger partial charge on any atom is -0.507 e. The number of halogens is 1. The van der Waals surface area contributed by atoms with Crippen molar-refractivity contribution in [2.24, 2.45) is 0 Å². The van der Waals surface area contributed by atoms with Crippen LogP contribution in [0.1, 0.15) is 34.3 Å². The Morgan fingerprint density at radius 2 is 1.83 bits per heavy atom. The zero-order chi connectivity index (χ0) is 17.2. The van der Waals surface area contributed by atoms with Crippen LogP contribution >= 0.6 is 0 Å². The van der Waals surface area contributed by atoms with E-state index >= 15 is 0 Å².